The van der Waals surface area contributed by atoms with Crippen molar-refractivity contribution in [1.29, 1.82) is 0 Å². The summed E-state index contributed by atoms with van der Waals surface area (Å²) in [5.41, 5.74) is 0.395. The summed E-state index contributed by atoms with van der Waals surface area (Å²) in [5.74, 6) is 1.04. The number of ether oxygens (including phenoxy) is 2. The first-order valence-electron chi connectivity index (χ1n) is 8.73. The molecule has 3 rings (SSSR count). The molecule has 27 heavy (non-hydrogen) atoms. The van der Waals surface area contributed by atoms with Gasteiger partial charge in [-0.15, -0.1) is 12.4 Å². The molecule has 2 aromatic rings. The lowest BCUT2D eigenvalue weighted by Gasteiger charge is -2.12. The van der Waals surface area contributed by atoms with E-state index < -0.39 is 0 Å². The Balaban J connectivity index is 0.00000261. The van der Waals surface area contributed by atoms with Gasteiger partial charge in [0.15, 0.2) is 11.5 Å². The van der Waals surface area contributed by atoms with Gasteiger partial charge in [0.25, 0.3) is 5.56 Å². The SMILES string of the molecule is COc1cc2ncn(CCCC(=O)NC3CCNC3)c(=O)c2cc1OC.Cl. The Morgan fingerprint density at radius 1 is 1.33 bits per heavy atom. The minimum absolute atomic E-state index is 0. The monoisotopic (exact) mass is 396 g/mol. The molecule has 2 heterocycles. The molecule has 0 spiro atoms. The molecule has 1 aliphatic rings. The lowest BCUT2D eigenvalue weighted by molar-refractivity contribution is -0.121. The third-order valence-corrected chi connectivity index (χ3v) is 4.56. The predicted molar refractivity (Wildman–Crippen MR) is 105 cm³/mol. The largest absolute Gasteiger partial charge is 0.493 e. The molecule has 0 radical (unpaired) electrons. The van der Waals surface area contributed by atoms with Crippen molar-refractivity contribution in [3.63, 3.8) is 0 Å². The molecule has 0 aliphatic carbocycles. The number of methoxy groups -OCH3 is 2. The number of fused-ring (bicyclic) bond motifs is 1. The van der Waals surface area contributed by atoms with Crippen molar-refractivity contribution in [1.82, 2.24) is 20.2 Å². The molecule has 1 aliphatic heterocycles. The van der Waals surface area contributed by atoms with Crippen LogP contribution >= 0.6 is 12.4 Å². The molecule has 9 heteroatoms. The van der Waals surface area contributed by atoms with Crippen LogP contribution < -0.4 is 25.7 Å². The average Bonchev–Trinajstić information content (AvgIpc) is 3.15. The minimum Gasteiger partial charge on any atom is -0.493 e. The number of nitrogens with zero attached hydrogens (tertiary/aromatic N) is 2. The highest BCUT2D eigenvalue weighted by Crippen LogP contribution is 2.29. The Morgan fingerprint density at radius 3 is 2.74 bits per heavy atom. The van der Waals surface area contributed by atoms with Crippen LogP contribution in [0.5, 0.6) is 11.5 Å². The van der Waals surface area contributed by atoms with Crippen LogP contribution in [0.1, 0.15) is 19.3 Å². The molecule has 0 saturated carbocycles. The van der Waals surface area contributed by atoms with Gasteiger partial charge in [-0.25, -0.2) is 4.98 Å². The van der Waals surface area contributed by atoms with E-state index in [9.17, 15) is 9.59 Å². The molecule has 148 valence electrons. The Bertz CT molecular complexity index is 849. The van der Waals surface area contributed by atoms with Gasteiger partial charge >= 0.3 is 0 Å². The number of hydrogen-bond acceptors (Lipinski definition) is 6. The normalized spacial score (nSPS) is 16.0. The van der Waals surface area contributed by atoms with Crippen LogP contribution in [-0.4, -0.2) is 48.8 Å². The van der Waals surface area contributed by atoms with Crippen molar-refractivity contribution in [3.05, 3.63) is 28.8 Å². The highest BCUT2D eigenvalue weighted by molar-refractivity contribution is 5.85. The summed E-state index contributed by atoms with van der Waals surface area (Å²) in [4.78, 5) is 29.0. The topological polar surface area (TPSA) is 94.5 Å². The number of nitrogens with one attached hydrogen (secondary N) is 2. The molecule has 1 aromatic heterocycles. The fourth-order valence-electron chi connectivity index (χ4n) is 3.13. The fourth-order valence-corrected chi connectivity index (χ4v) is 3.13. The number of aromatic nitrogens is 2. The number of benzene rings is 1. The second kappa shape index (κ2) is 9.57. The molecule has 1 aromatic carbocycles. The molecule has 2 N–H and O–H groups in total. The first kappa shape index (κ1) is 21.0. The van der Waals surface area contributed by atoms with Gasteiger partial charge in [0, 0.05) is 31.6 Å². The van der Waals surface area contributed by atoms with Crippen molar-refractivity contribution < 1.29 is 14.3 Å². The van der Waals surface area contributed by atoms with Crippen molar-refractivity contribution in [2.24, 2.45) is 0 Å². The van der Waals surface area contributed by atoms with E-state index in [4.69, 9.17) is 9.47 Å². The highest BCUT2D eigenvalue weighted by atomic mass is 35.5. The maximum absolute atomic E-state index is 12.7. The number of hydrogen-bond donors (Lipinski definition) is 2. The van der Waals surface area contributed by atoms with E-state index in [1.165, 1.54) is 25.1 Å². The van der Waals surface area contributed by atoms with E-state index in [-0.39, 0.29) is 29.9 Å². The molecule has 1 unspecified atom stereocenters. The summed E-state index contributed by atoms with van der Waals surface area (Å²) < 4.78 is 12.0. The number of aryl methyl sites for hydroxylation is 1. The van der Waals surface area contributed by atoms with Gasteiger partial charge in [-0.05, 0) is 25.5 Å². The smallest absolute Gasteiger partial charge is 0.261 e. The lowest BCUT2D eigenvalue weighted by Crippen LogP contribution is -2.36. The molecule has 1 amide bonds. The number of halogens is 1. The second-order valence-corrected chi connectivity index (χ2v) is 6.33. The van der Waals surface area contributed by atoms with Crippen LogP contribution in [0.2, 0.25) is 0 Å². The maximum Gasteiger partial charge on any atom is 0.261 e. The van der Waals surface area contributed by atoms with E-state index in [1.807, 2.05) is 0 Å². The summed E-state index contributed by atoms with van der Waals surface area (Å²) in [6.07, 6.45) is 3.43. The number of carbonyl (C=O) groups excluding carboxylic acids is 1. The Hall–Kier alpha value is -2.32. The van der Waals surface area contributed by atoms with Crippen LogP contribution in [0, 0.1) is 0 Å². The quantitative estimate of drug-likeness (QED) is 0.727. The van der Waals surface area contributed by atoms with Gasteiger partial charge in [0.05, 0.1) is 31.4 Å². The first-order valence-corrected chi connectivity index (χ1v) is 8.73. The summed E-state index contributed by atoms with van der Waals surface area (Å²) in [6.45, 7) is 2.20. The van der Waals surface area contributed by atoms with Crippen LogP contribution in [0.3, 0.4) is 0 Å². The first-order chi connectivity index (χ1) is 12.6. The molecule has 1 atom stereocenters. The standard InChI is InChI=1S/C18H24N4O4.ClH/c1-25-15-8-13-14(9-16(15)26-2)20-11-22(18(13)24)7-3-4-17(23)21-12-5-6-19-10-12;/h8-9,11-12,19H,3-7,10H2,1-2H3,(H,21,23);1H. The van der Waals surface area contributed by atoms with Crippen LogP contribution in [0.15, 0.2) is 23.3 Å². The van der Waals surface area contributed by atoms with E-state index in [0.29, 0.717) is 41.8 Å². The molecular weight excluding hydrogens is 372 g/mol. The van der Waals surface area contributed by atoms with E-state index in [1.54, 1.807) is 12.1 Å². The van der Waals surface area contributed by atoms with Crippen LogP contribution in [0.25, 0.3) is 10.9 Å². The summed E-state index contributed by atoms with van der Waals surface area (Å²) in [5, 5.41) is 6.68. The van der Waals surface area contributed by atoms with E-state index >= 15 is 0 Å². The van der Waals surface area contributed by atoms with Gasteiger partial charge < -0.3 is 20.1 Å². The zero-order valence-corrected chi connectivity index (χ0v) is 16.3. The zero-order chi connectivity index (χ0) is 18.5. The number of rotatable bonds is 7. The Morgan fingerprint density at radius 2 is 2.07 bits per heavy atom. The fraction of sp³-hybridized carbons (Fsp3) is 0.500. The van der Waals surface area contributed by atoms with Gasteiger partial charge in [0.1, 0.15) is 0 Å². The molecule has 8 nitrogen and oxygen atoms in total. The molecule has 1 fully saturated rings. The zero-order valence-electron chi connectivity index (χ0n) is 15.5. The molecule has 1 saturated heterocycles. The van der Waals surface area contributed by atoms with Crippen molar-refractivity contribution in [3.8, 4) is 11.5 Å². The number of amides is 1. The van der Waals surface area contributed by atoms with E-state index in [2.05, 4.69) is 15.6 Å². The van der Waals surface area contributed by atoms with Crippen molar-refractivity contribution >= 4 is 29.2 Å². The second-order valence-electron chi connectivity index (χ2n) is 6.33. The highest BCUT2D eigenvalue weighted by Gasteiger charge is 2.16. The molecular formula is C18H25ClN4O4. The van der Waals surface area contributed by atoms with Crippen molar-refractivity contribution in [2.45, 2.75) is 31.8 Å². The average molecular weight is 397 g/mol. The van der Waals surface area contributed by atoms with Gasteiger partial charge in [-0.3, -0.25) is 14.2 Å². The third kappa shape index (κ3) is 4.90. The lowest BCUT2D eigenvalue weighted by atomic mass is 10.2. The van der Waals surface area contributed by atoms with Crippen LogP contribution in [-0.2, 0) is 11.3 Å². The predicted octanol–water partition coefficient (Wildman–Crippen LogP) is 1.09. The van der Waals surface area contributed by atoms with Gasteiger partial charge in [0.2, 0.25) is 5.91 Å². The summed E-state index contributed by atoms with van der Waals surface area (Å²) in [7, 11) is 3.06. The van der Waals surface area contributed by atoms with Crippen LogP contribution in [0.4, 0.5) is 0 Å². The summed E-state index contributed by atoms with van der Waals surface area (Å²) in [6, 6.07) is 3.54. The van der Waals surface area contributed by atoms with E-state index in [0.717, 1.165) is 19.5 Å². The minimum atomic E-state index is -0.156. The summed E-state index contributed by atoms with van der Waals surface area (Å²) >= 11 is 0. The third-order valence-electron chi connectivity index (χ3n) is 4.56. The van der Waals surface area contributed by atoms with Gasteiger partial charge in [-0.2, -0.15) is 0 Å². The number of carbonyl (C=O) groups is 1. The Kier molecular flexibility index (Phi) is 7.44. The molecule has 0 bridgehead atoms. The van der Waals surface area contributed by atoms with Crippen molar-refractivity contribution in [2.75, 3.05) is 27.3 Å². The maximum atomic E-state index is 12.7. The Labute approximate surface area is 163 Å². The van der Waals surface area contributed by atoms with Gasteiger partial charge in [-0.1, -0.05) is 0 Å².